The molecule has 130 valence electrons. The van der Waals surface area contributed by atoms with Crippen LogP contribution >= 0.6 is 11.8 Å². The Morgan fingerprint density at radius 1 is 1.08 bits per heavy atom. The molecule has 1 aromatic carbocycles. The first kappa shape index (κ1) is 17.2. The maximum absolute atomic E-state index is 5.78. The molecule has 9 heteroatoms. The zero-order valence-electron chi connectivity index (χ0n) is 14.6. The minimum absolute atomic E-state index is 0.214. The minimum atomic E-state index is 0.214. The van der Waals surface area contributed by atoms with Gasteiger partial charge in [0.25, 0.3) is 0 Å². The number of anilines is 2. The summed E-state index contributed by atoms with van der Waals surface area (Å²) < 4.78 is 2.04. The van der Waals surface area contributed by atoms with Gasteiger partial charge in [-0.1, -0.05) is 30.0 Å². The lowest BCUT2D eigenvalue weighted by molar-refractivity contribution is 0.858. The molecule has 25 heavy (non-hydrogen) atoms. The van der Waals surface area contributed by atoms with Gasteiger partial charge in [0.05, 0.1) is 11.4 Å². The summed E-state index contributed by atoms with van der Waals surface area (Å²) >= 11 is 1.52. The van der Waals surface area contributed by atoms with E-state index in [1.807, 2.05) is 37.7 Å². The molecular formula is C16H20N8S. The first-order valence-electron chi connectivity index (χ1n) is 7.74. The van der Waals surface area contributed by atoms with Gasteiger partial charge in [0.15, 0.2) is 5.16 Å². The Bertz CT molecular complexity index is 890. The molecule has 0 bridgehead atoms. The molecule has 0 aliphatic carbocycles. The van der Waals surface area contributed by atoms with Crippen molar-refractivity contribution in [2.45, 2.75) is 24.8 Å². The quantitative estimate of drug-likeness (QED) is 0.693. The lowest BCUT2D eigenvalue weighted by atomic mass is 10.2. The third-order valence-electron chi connectivity index (χ3n) is 3.57. The summed E-state index contributed by atoms with van der Waals surface area (Å²) in [7, 11) is 3.73. The first-order chi connectivity index (χ1) is 12.0. The number of aromatic nitrogens is 6. The predicted octanol–water partition coefficient (Wildman–Crippen LogP) is 2.01. The monoisotopic (exact) mass is 356 g/mol. The molecule has 0 radical (unpaired) electrons. The van der Waals surface area contributed by atoms with Crippen molar-refractivity contribution in [2.75, 3.05) is 24.7 Å². The molecule has 3 rings (SSSR count). The van der Waals surface area contributed by atoms with Crippen LogP contribution in [0.1, 0.15) is 17.2 Å². The van der Waals surface area contributed by atoms with Gasteiger partial charge in [-0.15, -0.1) is 10.2 Å². The lowest BCUT2D eigenvalue weighted by Crippen LogP contribution is -2.16. The normalized spacial score (nSPS) is 10.9. The van der Waals surface area contributed by atoms with Crippen molar-refractivity contribution in [1.82, 2.24) is 29.7 Å². The number of nitrogens with zero attached hydrogens (tertiary/aromatic N) is 7. The molecule has 0 spiro atoms. The van der Waals surface area contributed by atoms with Gasteiger partial charge in [-0.3, -0.25) is 4.57 Å². The third kappa shape index (κ3) is 3.71. The first-order valence-corrected chi connectivity index (χ1v) is 8.73. The molecule has 2 heterocycles. The number of benzene rings is 1. The summed E-state index contributed by atoms with van der Waals surface area (Å²) in [6, 6.07) is 8.15. The van der Waals surface area contributed by atoms with Crippen molar-refractivity contribution in [2.24, 2.45) is 0 Å². The molecule has 0 saturated heterocycles. The van der Waals surface area contributed by atoms with Crippen LogP contribution < -0.4 is 10.6 Å². The van der Waals surface area contributed by atoms with Crippen LogP contribution in [0.2, 0.25) is 0 Å². The highest BCUT2D eigenvalue weighted by Gasteiger charge is 2.14. The van der Waals surface area contributed by atoms with Gasteiger partial charge in [0.2, 0.25) is 11.9 Å². The Labute approximate surface area is 150 Å². The van der Waals surface area contributed by atoms with Crippen LogP contribution in [-0.4, -0.2) is 43.8 Å². The molecule has 2 aromatic heterocycles. The average Bonchev–Trinajstić information content (AvgIpc) is 2.93. The Balaban J connectivity index is 1.87. The van der Waals surface area contributed by atoms with E-state index < -0.39 is 0 Å². The fourth-order valence-corrected chi connectivity index (χ4v) is 3.19. The van der Waals surface area contributed by atoms with Gasteiger partial charge in [0, 0.05) is 14.1 Å². The highest BCUT2D eigenvalue weighted by atomic mass is 32.2. The van der Waals surface area contributed by atoms with Crippen LogP contribution in [0, 0.1) is 13.8 Å². The molecule has 2 N–H and O–H groups in total. The fourth-order valence-electron chi connectivity index (χ4n) is 2.35. The molecule has 8 nitrogen and oxygen atoms in total. The van der Waals surface area contributed by atoms with Crippen molar-refractivity contribution in [3.05, 3.63) is 41.5 Å². The average molecular weight is 356 g/mol. The highest BCUT2D eigenvalue weighted by Crippen LogP contribution is 2.26. The summed E-state index contributed by atoms with van der Waals surface area (Å²) in [6.45, 7) is 4.01. The van der Waals surface area contributed by atoms with E-state index in [-0.39, 0.29) is 5.95 Å². The summed E-state index contributed by atoms with van der Waals surface area (Å²) in [5.41, 5.74) is 8.00. The molecule has 3 aromatic rings. The van der Waals surface area contributed by atoms with E-state index >= 15 is 0 Å². The maximum Gasteiger partial charge on any atom is 0.229 e. The van der Waals surface area contributed by atoms with Gasteiger partial charge < -0.3 is 10.6 Å². The summed E-state index contributed by atoms with van der Waals surface area (Å²) in [5.74, 6) is 2.72. The number of rotatable bonds is 5. The number of hydrogen-bond donors (Lipinski definition) is 1. The Hall–Kier alpha value is -2.68. The highest BCUT2D eigenvalue weighted by molar-refractivity contribution is 7.98. The van der Waals surface area contributed by atoms with Crippen LogP contribution in [-0.2, 0) is 5.75 Å². The molecule has 0 saturated carbocycles. The van der Waals surface area contributed by atoms with E-state index in [1.54, 1.807) is 4.90 Å². The summed E-state index contributed by atoms with van der Waals surface area (Å²) in [5, 5.41) is 9.30. The summed E-state index contributed by atoms with van der Waals surface area (Å²) in [6.07, 6.45) is 0. The molecule has 0 aliphatic rings. The smallest absolute Gasteiger partial charge is 0.229 e. The van der Waals surface area contributed by atoms with E-state index in [0.717, 1.165) is 22.2 Å². The van der Waals surface area contributed by atoms with E-state index in [4.69, 9.17) is 5.73 Å². The van der Waals surface area contributed by atoms with Crippen LogP contribution in [0.4, 0.5) is 11.9 Å². The number of nitrogen functional groups attached to an aromatic ring is 1. The van der Waals surface area contributed by atoms with Crippen molar-refractivity contribution in [1.29, 1.82) is 0 Å². The minimum Gasteiger partial charge on any atom is -0.368 e. The number of hydrogen-bond acceptors (Lipinski definition) is 8. The second kappa shape index (κ2) is 7.06. The molecule has 0 amide bonds. The van der Waals surface area contributed by atoms with Crippen LogP contribution in [0.15, 0.2) is 29.4 Å². The van der Waals surface area contributed by atoms with Crippen molar-refractivity contribution >= 4 is 23.7 Å². The van der Waals surface area contributed by atoms with Crippen LogP contribution in [0.5, 0.6) is 0 Å². The summed E-state index contributed by atoms with van der Waals surface area (Å²) in [4.78, 5) is 14.5. The zero-order valence-corrected chi connectivity index (χ0v) is 15.4. The van der Waals surface area contributed by atoms with Crippen molar-refractivity contribution in [3.8, 4) is 5.69 Å². The lowest BCUT2D eigenvalue weighted by Gasteiger charge is -2.12. The van der Waals surface area contributed by atoms with Crippen LogP contribution in [0.3, 0.4) is 0 Å². The molecule has 0 atom stereocenters. The Morgan fingerprint density at radius 3 is 2.56 bits per heavy atom. The molecule has 0 unspecified atom stereocenters. The van der Waals surface area contributed by atoms with Gasteiger partial charge >= 0.3 is 0 Å². The zero-order chi connectivity index (χ0) is 18.0. The number of nitrogens with two attached hydrogens (primary N) is 1. The number of aryl methyl sites for hydroxylation is 2. The van der Waals surface area contributed by atoms with Gasteiger partial charge in [0.1, 0.15) is 11.6 Å². The Kier molecular flexibility index (Phi) is 4.84. The molecule has 0 fully saturated rings. The van der Waals surface area contributed by atoms with Gasteiger partial charge in [-0.2, -0.15) is 15.0 Å². The number of para-hydroxylation sites is 1. The van der Waals surface area contributed by atoms with Gasteiger partial charge in [-0.05, 0) is 25.5 Å². The van der Waals surface area contributed by atoms with E-state index in [9.17, 15) is 0 Å². The second-order valence-corrected chi connectivity index (χ2v) is 6.69. The van der Waals surface area contributed by atoms with E-state index in [0.29, 0.717) is 17.5 Å². The molecule has 0 aliphatic heterocycles. The van der Waals surface area contributed by atoms with Gasteiger partial charge in [-0.25, -0.2) is 0 Å². The van der Waals surface area contributed by atoms with Crippen molar-refractivity contribution in [3.63, 3.8) is 0 Å². The maximum atomic E-state index is 5.78. The predicted molar refractivity (Wildman–Crippen MR) is 99.0 cm³/mol. The topological polar surface area (TPSA) is 98.6 Å². The SMILES string of the molecule is Cc1ccccc1-n1c(C)nnc1SCc1nc(N)nc(N(C)C)n1. The third-order valence-corrected chi connectivity index (χ3v) is 4.49. The van der Waals surface area contributed by atoms with E-state index in [2.05, 4.69) is 44.2 Å². The second-order valence-electron chi connectivity index (χ2n) is 5.74. The standard InChI is InChI=1S/C16H20N8S/c1-10-7-5-6-8-12(10)24-11(2)21-22-16(24)25-9-13-18-14(17)20-15(19-13)23(3)4/h5-8H,9H2,1-4H3,(H2,17,18,19,20). The largest absolute Gasteiger partial charge is 0.368 e. The van der Waals surface area contributed by atoms with Crippen molar-refractivity contribution < 1.29 is 0 Å². The fraction of sp³-hybridized carbons (Fsp3) is 0.312. The van der Waals surface area contributed by atoms with E-state index in [1.165, 1.54) is 11.8 Å². The number of thioether (sulfide) groups is 1. The van der Waals surface area contributed by atoms with Crippen LogP contribution in [0.25, 0.3) is 5.69 Å². The molecular weight excluding hydrogens is 336 g/mol. The Morgan fingerprint density at radius 2 is 1.84 bits per heavy atom.